The van der Waals surface area contributed by atoms with Crippen molar-refractivity contribution in [2.24, 2.45) is 0 Å². The molecule has 0 aromatic carbocycles. The Balaban J connectivity index is 2.82. The smallest absolute Gasteiger partial charge is 0.382 e. The molecule has 0 radical (unpaired) electrons. The first-order valence-corrected chi connectivity index (χ1v) is 3.47. The molecule has 4 heteroatoms. The zero-order valence-corrected chi connectivity index (χ0v) is 6.88. The van der Waals surface area contributed by atoms with Gasteiger partial charge in [-0.2, -0.15) is 0 Å². The van der Waals surface area contributed by atoms with E-state index in [0.717, 1.165) is 0 Å². The average Bonchev–Trinajstić information content (AvgIpc) is 2.31. The van der Waals surface area contributed by atoms with Crippen molar-refractivity contribution >= 4 is 21.9 Å². The monoisotopic (exact) mass is 214 g/mol. The van der Waals surface area contributed by atoms with Gasteiger partial charge < -0.3 is 9.52 Å². The fourth-order valence-corrected chi connectivity index (χ4v) is 0.841. The third-order valence-electron chi connectivity index (χ3n) is 0.881. The second kappa shape index (κ2) is 3.26. The van der Waals surface area contributed by atoms with Crippen molar-refractivity contribution < 1.29 is 14.3 Å². The Morgan fingerprint density at radius 3 is 2.91 bits per heavy atom. The molecule has 1 N–H and O–H groups in total. The lowest BCUT2D eigenvalue weighted by Gasteiger charge is -1.71. The zero-order chi connectivity index (χ0) is 8.27. The van der Waals surface area contributed by atoms with Gasteiger partial charge in [0, 0.05) is 12.0 Å². The van der Waals surface area contributed by atoms with Gasteiger partial charge in [-0.1, -0.05) is 5.92 Å². The molecule has 0 unspecified atom stereocenters. The molecule has 0 atom stereocenters. The summed E-state index contributed by atoms with van der Waals surface area (Å²) in [4.78, 5) is 9.96. The lowest BCUT2D eigenvalue weighted by molar-refractivity contribution is -0.130. The highest BCUT2D eigenvalue weighted by molar-refractivity contribution is 9.10. The van der Waals surface area contributed by atoms with Gasteiger partial charge in [0.1, 0.15) is 6.26 Å². The fraction of sp³-hybridized carbons (Fsp3) is 0. The summed E-state index contributed by atoms with van der Waals surface area (Å²) in [6.07, 6.45) is 1.38. The first-order chi connectivity index (χ1) is 5.18. The molecule has 1 heterocycles. The Bertz CT molecular complexity index is 329. The van der Waals surface area contributed by atoms with Gasteiger partial charge in [-0.05, 0) is 15.9 Å². The second-order valence-electron chi connectivity index (χ2n) is 1.69. The van der Waals surface area contributed by atoms with Crippen LogP contribution in [0.1, 0.15) is 5.56 Å². The minimum atomic E-state index is -1.15. The predicted molar refractivity (Wildman–Crippen MR) is 40.9 cm³/mol. The molecule has 0 saturated carbocycles. The largest absolute Gasteiger partial charge is 0.472 e. The van der Waals surface area contributed by atoms with E-state index in [4.69, 9.17) is 9.52 Å². The van der Waals surface area contributed by atoms with Gasteiger partial charge in [-0.3, -0.25) is 0 Å². The molecule has 1 aromatic rings. The molecule has 0 aliphatic rings. The molecule has 11 heavy (non-hydrogen) atoms. The molecule has 1 aromatic heterocycles. The standard InChI is InChI=1S/C7H3BrO3/c8-6-3-5(4-11-6)1-2-7(9)10/h3-4H,(H,9,10). The number of carbonyl (C=O) groups is 1. The van der Waals surface area contributed by atoms with Gasteiger partial charge in [0.25, 0.3) is 0 Å². The molecule has 0 amide bonds. The highest BCUT2D eigenvalue weighted by Crippen LogP contribution is 2.12. The van der Waals surface area contributed by atoms with E-state index in [9.17, 15) is 4.79 Å². The molecule has 0 spiro atoms. The Morgan fingerprint density at radius 2 is 2.45 bits per heavy atom. The van der Waals surface area contributed by atoms with Gasteiger partial charge >= 0.3 is 5.97 Å². The van der Waals surface area contributed by atoms with Crippen LogP contribution in [-0.4, -0.2) is 11.1 Å². The summed E-state index contributed by atoms with van der Waals surface area (Å²) in [5.41, 5.74) is 0.541. The van der Waals surface area contributed by atoms with Crippen LogP contribution >= 0.6 is 15.9 Å². The summed E-state index contributed by atoms with van der Waals surface area (Å²) < 4.78 is 5.35. The first-order valence-electron chi connectivity index (χ1n) is 2.67. The van der Waals surface area contributed by atoms with Gasteiger partial charge in [-0.15, -0.1) is 0 Å². The van der Waals surface area contributed by atoms with Crippen LogP contribution in [0.2, 0.25) is 0 Å². The number of rotatable bonds is 0. The topological polar surface area (TPSA) is 50.4 Å². The third kappa shape index (κ3) is 2.48. The molecule has 0 fully saturated rings. The Kier molecular flexibility index (Phi) is 2.34. The SMILES string of the molecule is O=C(O)C#Cc1coc(Br)c1. The Morgan fingerprint density at radius 1 is 1.73 bits per heavy atom. The minimum absolute atomic E-state index is 0.534. The number of carboxylic acids is 1. The maximum Gasteiger partial charge on any atom is 0.382 e. The summed E-state index contributed by atoms with van der Waals surface area (Å²) >= 11 is 3.06. The van der Waals surface area contributed by atoms with Crippen molar-refractivity contribution in [3.05, 3.63) is 22.6 Å². The summed E-state index contributed by atoms with van der Waals surface area (Å²) in [6, 6.07) is 1.59. The lowest BCUT2D eigenvalue weighted by atomic mass is 10.3. The van der Waals surface area contributed by atoms with Crippen LogP contribution in [0.5, 0.6) is 0 Å². The van der Waals surface area contributed by atoms with E-state index in [1.54, 1.807) is 6.07 Å². The van der Waals surface area contributed by atoms with Crippen LogP contribution in [0, 0.1) is 11.8 Å². The van der Waals surface area contributed by atoms with Crippen LogP contribution in [0.15, 0.2) is 21.4 Å². The number of aliphatic carboxylic acids is 1. The summed E-state index contributed by atoms with van der Waals surface area (Å²) in [7, 11) is 0. The molecule has 0 aliphatic heterocycles. The Labute approximate surface area is 71.1 Å². The van der Waals surface area contributed by atoms with E-state index in [0.29, 0.717) is 10.2 Å². The number of hydrogen-bond donors (Lipinski definition) is 1. The second-order valence-corrected chi connectivity index (χ2v) is 2.48. The molecular formula is C7H3BrO3. The number of hydrogen-bond acceptors (Lipinski definition) is 2. The molecule has 0 aliphatic carbocycles. The molecule has 0 saturated heterocycles. The average molecular weight is 215 g/mol. The van der Waals surface area contributed by atoms with Gasteiger partial charge in [0.15, 0.2) is 4.67 Å². The van der Waals surface area contributed by atoms with Crippen molar-refractivity contribution in [2.45, 2.75) is 0 Å². The van der Waals surface area contributed by atoms with Crippen molar-refractivity contribution in [1.29, 1.82) is 0 Å². The van der Waals surface area contributed by atoms with E-state index in [2.05, 4.69) is 21.9 Å². The summed E-state index contributed by atoms with van der Waals surface area (Å²) in [5.74, 6) is 3.20. The van der Waals surface area contributed by atoms with Gasteiger partial charge in [0.2, 0.25) is 0 Å². The van der Waals surface area contributed by atoms with E-state index < -0.39 is 5.97 Å². The third-order valence-corrected chi connectivity index (χ3v) is 1.30. The predicted octanol–water partition coefficient (Wildman–Crippen LogP) is 1.48. The normalized spacial score (nSPS) is 8.45. The highest BCUT2D eigenvalue weighted by Gasteiger charge is 1.93. The quantitative estimate of drug-likeness (QED) is 0.666. The van der Waals surface area contributed by atoms with E-state index in [1.165, 1.54) is 6.26 Å². The van der Waals surface area contributed by atoms with Crippen molar-refractivity contribution in [2.75, 3.05) is 0 Å². The number of halogens is 1. The fourth-order valence-electron chi connectivity index (χ4n) is 0.501. The maximum absolute atomic E-state index is 9.96. The van der Waals surface area contributed by atoms with Crippen molar-refractivity contribution in [1.82, 2.24) is 0 Å². The zero-order valence-electron chi connectivity index (χ0n) is 5.30. The molecule has 56 valence electrons. The molecule has 3 nitrogen and oxygen atoms in total. The number of furan rings is 1. The summed E-state index contributed by atoms with van der Waals surface area (Å²) in [6.45, 7) is 0. The minimum Gasteiger partial charge on any atom is -0.472 e. The maximum atomic E-state index is 9.96. The van der Waals surface area contributed by atoms with Crippen LogP contribution in [0.25, 0.3) is 0 Å². The van der Waals surface area contributed by atoms with Gasteiger partial charge in [-0.25, -0.2) is 4.79 Å². The molecular weight excluding hydrogens is 212 g/mol. The van der Waals surface area contributed by atoms with Crippen LogP contribution in [0.4, 0.5) is 0 Å². The van der Waals surface area contributed by atoms with E-state index >= 15 is 0 Å². The van der Waals surface area contributed by atoms with Gasteiger partial charge in [0.05, 0.1) is 5.56 Å². The first kappa shape index (κ1) is 7.89. The lowest BCUT2D eigenvalue weighted by Crippen LogP contribution is -1.86. The van der Waals surface area contributed by atoms with Crippen LogP contribution in [0.3, 0.4) is 0 Å². The Hall–Kier alpha value is -1.21. The van der Waals surface area contributed by atoms with E-state index in [1.807, 2.05) is 5.92 Å². The molecule has 1 rings (SSSR count). The highest BCUT2D eigenvalue weighted by atomic mass is 79.9. The summed E-state index contributed by atoms with van der Waals surface area (Å²) in [5, 5.41) is 8.17. The number of carboxylic acid groups (broad SMARTS) is 1. The van der Waals surface area contributed by atoms with Crippen molar-refractivity contribution in [3.8, 4) is 11.8 Å². The van der Waals surface area contributed by atoms with Crippen LogP contribution in [-0.2, 0) is 4.79 Å². The van der Waals surface area contributed by atoms with E-state index in [-0.39, 0.29) is 0 Å². The van der Waals surface area contributed by atoms with Crippen molar-refractivity contribution in [3.63, 3.8) is 0 Å². The molecule has 0 bridgehead atoms. The van der Waals surface area contributed by atoms with Crippen LogP contribution < -0.4 is 0 Å².